The van der Waals surface area contributed by atoms with Gasteiger partial charge in [0, 0.05) is 12.1 Å². The summed E-state index contributed by atoms with van der Waals surface area (Å²) >= 11 is 0. The lowest BCUT2D eigenvalue weighted by atomic mass is 9.92. The molecule has 1 saturated carbocycles. The molecule has 6 heteroatoms. The molecule has 1 fully saturated rings. The van der Waals surface area contributed by atoms with E-state index in [1.165, 1.54) is 12.8 Å². The highest BCUT2D eigenvalue weighted by Crippen LogP contribution is 2.24. The quantitative estimate of drug-likeness (QED) is 0.737. The highest BCUT2D eigenvalue weighted by atomic mass is 32.2. The minimum absolute atomic E-state index is 0.244. The van der Waals surface area contributed by atoms with E-state index in [2.05, 4.69) is 4.72 Å². The molecule has 5 nitrogen and oxygen atoms in total. The average molecular weight is 273 g/mol. The van der Waals surface area contributed by atoms with Crippen molar-refractivity contribution in [3.05, 3.63) is 0 Å². The fourth-order valence-electron chi connectivity index (χ4n) is 2.33. The zero-order valence-electron chi connectivity index (χ0n) is 11.0. The van der Waals surface area contributed by atoms with Crippen molar-refractivity contribution in [2.75, 3.05) is 6.54 Å². The van der Waals surface area contributed by atoms with Crippen molar-refractivity contribution >= 4 is 10.0 Å². The monoisotopic (exact) mass is 273 g/mol. The van der Waals surface area contributed by atoms with E-state index in [4.69, 9.17) is 11.0 Å². The summed E-state index contributed by atoms with van der Waals surface area (Å²) in [4.78, 5) is 0. The summed E-state index contributed by atoms with van der Waals surface area (Å²) in [6.07, 6.45) is 6.42. The maximum atomic E-state index is 11.9. The van der Waals surface area contributed by atoms with Gasteiger partial charge in [-0.1, -0.05) is 32.6 Å². The second-order valence-corrected chi connectivity index (χ2v) is 7.12. The molecule has 3 N–H and O–H groups in total. The topological polar surface area (TPSA) is 96.0 Å². The van der Waals surface area contributed by atoms with E-state index in [9.17, 15) is 8.42 Å². The van der Waals surface area contributed by atoms with Gasteiger partial charge in [-0.25, -0.2) is 13.1 Å². The Bertz CT molecular complexity index is 392. The lowest BCUT2D eigenvalue weighted by Crippen LogP contribution is -2.51. The summed E-state index contributed by atoms with van der Waals surface area (Å²) in [5, 5.41) is 7.83. The lowest BCUT2D eigenvalue weighted by Gasteiger charge is -2.28. The van der Waals surface area contributed by atoms with Gasteiger partial charge in [0.1, 0.15) is 0 Å². The molecule has 1 aliphatic carbocycles. The average Bonchev–Trinajstić information content (AvgIpc) is 2.54. The van der Waals surface area contributed by atoms with Gasteiger partial charge >= 0.3 is 0 Å². The van der Waals surface area contributed by atoms with Gasteiger partial charge < -0.3 is 5.73 Å². The number of sulfonamides is 1. The first-order chi connectivity index (χ1) is 8.43. The van der Waals surface area contributed by atoms with Crippen LogP contribution in [0.5, 0.6) is 0 Å². The van der Waals surface area contributed by atoms with Gasteiger partial charge in [-0.3, -0.25) is 0 Å². The van der Waals surface area contributed by atoms with Crippen molar-refractivity contribution in [1.29, 1.82) is 5.26 Å². The molecule has 1 aliphatic rings. The van der Waals surface area contributed by atoms with E-state index in [0.717, 1.165) is 25.7 Å². The van der Waals surface area contributed by atoms with Gasteiger partial charge in [0.05, 0.1) is 6.07 Å². The number of rotatable bonds is 5. The number of nitrogens with zero attached hydrogens (tertiary/aromatic N) is 1. The van der Waals surface area contributed by atoms with Crippen LogP contribution < -0.4 is 10.5 Å². The van der Waals surface area contributed by atoms with Crippen LogP contribution in [0.3, 0.4) is 0 Å². The summed E-state index contributed by atoms with van der Waals surface area (Å²) in [5.74, 6) is 0. The number of nitriles is 1. The zero-order chi connectivity index (χ0) is 13.6. The van der Waals surface area contributed by atoms with Crippen molar-refractivity contribution < 1.29 is 8.42 Å². The molecule has 0 aromatic rings. The third kappa shape index (κ3) is 4.23. The lowest BCUT2D eigenvalue weighted by molar-refractivity contribution is 0.368. The molecule has 0 saturated heterocycles. The van der Waals surface area contributed by atoms with Crippen molar-refractivity contribution in [3.8, 4) is 6.07 Å². The summed E-state index contributed by atoms with van der Waals surface area (Å²) in [6, 6.07) is 1.81. The minimum Gasteiger partial charge on any atom is -0.324 e. The Labute approximate surface area is 110 Å². The second-order valence-electron chi connectivity index (χ2n) is 5.17. The van der Waals surface area contributed by atoms with Crippen molar-refractivity contribution in [1.82, 2.24) is 4.72 Å². The van der Waals surface area contributed by atoms with Crippen LogP contribution in [0.4, 0.5) is 0 Å². The highest BCUT2D eigenvalue weighted by Gasteiger charge is 2.30. The molecule has 0 aromatic heterocycles. The van der Waals surface area contributed by atoms with Crippen LogP contribution in [0.1, 0.15) is 51.9 Å². The SMILES string of the molecule is CCC(C#N)S(=O)(=O)NCC1(N)CCCCCC1. The van der Waals surface area contributed by atoms with Crippen LogP contribution in [0.15, 0.2) is 0 Å². The second kappa shape index (κ2) is 6.50. The maximum absolute atomic E-state index is 11.9. The maximum Gasteiger partial charge on any atom is 0.228 e. The molecule has 104 valence electrons. The molecule has 0 amide bonds. The van der Waals surface area contributed by atoms with Crippen molar-refractivity contribution in [3.63, 3.8) is 0 Å². The Morgan fingerprint density at radius 3 is 2.33 bits per heavy atom. The molecule has 0 spiro atoms. The third-order valence-electron chi connectivity index (χ3n) is 3.61. The largest absolute Gasteiger partial charge is 0.324 e. The normalized spacial score (nSPS) is 21.8. The zero-order valence-corrected chi connectivity index (χ0v) is 11.8. The van der Waals surface area contributed by atoms with Crippen LogP contribution in [-0.4, -0.2) is 25.8 Å². The smallest absolute Gasteiger partial charge is 0.228 e. The molecule has 0 aromatic carbocycles. The van der Waals surface area contributed by atoms with Crippen LogP contribution in [0, 0.1) is 11.3 Å². The Morgan fingerprint density at radius 2 is 1.89 bits per heavy atom. The van der Waals surface area contributed by atoms with Crippen molar-refractivity contribution in [2.24, 2.45) is 5.73 Å². The number of nitrogens with two attached hydrogens (primary N) is 1. The van der Waals surface area contributed by atoms with Gasteiger partial charge in [-0.2, -0.15) is 5.26 Å². The van der Waals surface area contributed by atoms with Gasteiger partial charge in [0.2, 0.25) is 10.0 Å². The molecule has 0 radical (unpaired) electrons. The Morgan fingerprint density at radius 1 is 1.33 bits per heavy atom. The predicted octanol–water partition coefficient (Wildman–Crippen LogP) is 1.26. The van der Waals surface area contributed by atoms with Crippen LogP contribution >= 0.6 is 0 Å². The van der Waals surface area contributed by atoms with Crippen LogP contribution in [0.2, 0.25) is 0 Å². The number of hydrogen-bond acceptors (Lipinski definition) is 4. The minimum atomic E-state index is -3.56. The van der Waals surface area contributed by atoms with Crippen LogP contribution in [-0.2, 0) is 10.0 Å². The molecule has 1 atom stereocenters. The number of hydrogen-bond donors (Lipinski definition) is 2. The Hall–Kier alpha value is -0.640. The molecular weight excluding hydrogens is 250 g/mol. The summed E-state index contributed by atoms with van der Waals surface area (Å²) in [5.41, 5.74) is 5.79. The Kier molecular flexibility index (Phi) is 5.57. The molecule has 1 unspecified atom stereocenters. The van der Waals surface area contributed by atoms with Crippen molar-refractivity contribution in [2.45, 2.75) is 62.7 Å². The van der Waals surface area contributed by atoms with E-state index in [1.54, 1.807) is 6.92 Å². The number of nitrogens with one attached hydrogen (secondary N) is 1. The van der Waals surface area contributed by atoms with Gasteiger partial charge in [0.15, 0.2) is 5.25 Å². The molecular formula is C12H23N3O2S. The van der Waals surface area contributed by atoms with E-state index in [1.807, 2.05) is 6.07 Å². The van der Waals surface area contributed by atoms with Crippen LogP contribution in [0.25, 0.3) is 0 Å². The predicted molar refractivity (Wildman–Crippen MR) is 71.2 cm³/mol. The molecule has 18 heavy (non-hydrogen) atoms. The van der Waals surface area contributed by atoms with E-state index >= 15 is 0 Å². The van der Waals surface area contributed by atoms with E-state index in [0.29, 0.717) is 6.42 Å². The summed E-state index contributed by atoms with van der Waals surface area (Å²) in [7, 11) is -3.56. The molecule has 0 bridgehead atoms. The molecule has 1 rings (SSSR count). The summed E-state index contributed by atoms with van der Waals surface area (Å²) in [6.45, 7) is 1.94. The first-order valence-electron chi connectivity index (χ1n) is 6.60. The highest BCUT2D eigenvalue weighted by molar-refractivity contribution is 7.90. The van der Waals surface area contributed by atoms with Gasteiger partial charge in [-0.15, -0.1) is 0 Å². The standard InChI is InChI=1S/C12H23N3O2S/c1-2-11(9-13)18(16,17)15-10-12(14)7-5-3-4-6-8-12/h11,15H,2-8,10,14H2,1H3. The van der Waals surface area contributed by atoms with E-state index in [-0.39, 0.29) is 6.54 Å². The Balaban J connectivity index is 2.61. The molecule has 0 aliphatic heterocycles. The third-order valence-corrected chi connectivity index (χ3v) is 5.35. The first kappa shape index (κ1) is 15.4. The summed E-state index contributed by atoms with van der Waals surface area (Å²) < 4.78 is 26.3. The van der Waals surface area contributed by atoms with E-state index < -0.39 is 20.8 Å². The first-order valence-corrected chi connectivity index (χ1v) is 8.15. The van der Waals surface area contributed by atoms with Gasteiger partial charge in [-0.05, 0) is 19.3 Å². The fourth-order valence-corrected chi connectivity index (χ4v) is 3.60. The fraction of sp³-hybridized carbons (Fsp3) is 0.917. The molecule has 0 heterocycles. The van der Waals surface area contributed by atoms with Gasteiger partial charge in [0.25, 0.3) is 0 Å².